The molecule has 2 N–H and O–H groups in total. The van der Waals surface area contributed by atoms with Crippen molar-refractivity contribution in [2.75, 3.05) is 0 Å². The number of aromatic amines is 2. The average molecular weight is 385 g/mol. The van der Waals surface area contributed by atoms with Gasteiger partial charge in [0.15, 0.2) is 0 Å². The monoisotopic (exact) mass is 385 g/mol. The molecule has 2 aromatic heterocycles. The molecule has 5 heteroatoms. The number of hydrogen-bond acceptors (Lipinski definition) is 3. The molecule has 0 unspecified atom stereocenters. The summed E-state index contributed by atoms with van der Waals surface area (Å²) in [6.45, 7) is 2.14. The molecule has 0 amide bonds. The summed E-state index contributed by atoms with van der Waals surface area (Å²) in [7, 11) is 0. The molecule has 5 nitrogen and oxygen atoms in total. The fraction of sp³-hybridized carbons (Fsp3) is 0.208. The van der Waals surface area contributed by atoms with Gasteiger partial charge < -0.3 is 9.97 Å². The van der Waals surface area contributed by atoms with Crippen LogP contribution in [0.4, 0.5) is 0 Å². The minimum atomic E-state index is -0.219. The van der Waals surface area contributed by atoms with Gasteiger partial charge in [-0.25, -0.2) is 4.98 Å². The zero-order chi connectivity index (χ0) is 20.2. The fourth-order valence-corrected chi connectivity index (χ4v) is 3.61. The number of H-pyrrole nitrogens is 2. The first kappa shape index (κ1) is 18.9. The molecule has 0 aliphatic rings. The van der Waals surface area contributed by atoms with E-state index < -0.39 is 0 Å². The second kappa shape index (κ2) is 8.27. The van der Waals surface area contributed by atoms with Crippen LogP contribution < -0.4 is 5.56 Å². The van der Waals surface area contributed by atoms with Crippen molar-refractivity contribution in [3.05, 3.63) is 88.1 Å². The second-order valence-electron chi connectivity index (χ2n) is 7.13. The van der Waals surface area contributed by atoms with Gasteiger partial charge in [-0.3, -0.25) is 9.59 Å². The number of unbranched alkanes of at least 4 members (excludes halogenated alkanes) is 2. The highest BCUT2D eigenvalue weighted by Crippen LogP contribution is 2.31. The lowest BCUT2D eigenvalue weighted by atomic mass is 9.98. The molecule has 2 heterocycles. The van der Waals surface area contributed by atoms with Crippen molar-refractivity contribution >= 4 is 16.8 Å². The van der Waals surface area contributed by atoms with Crippen LogP contribution in [0.25, 0.3) is 22.2 Å². The molecule has 146 valence electrons. The fourth-order valence-electron chi connectivity index (χ4n) is 3.61. The summed E-state index contributed by atoms with van der Waals surface area (Å²) >= 11 is 0. The normalized spacial score (nSPS) is 11.1. The first-order valence-electron chi connectivity index (χ1n) is 9.99. The van der Waals surface area contributed by atoms with Crippen molar-refractivity contribution in [1.29, 1.82) is 0 Å². The summed E-state index contributed by atoms with van der Waals surface area (Å²) < 4.78 is 0. The number of aromatic nitrogens is 3. The summed E-state index contributed by atoms with van der Waals surface area (Å²) in [4.78, 5) is 36.9. The Morgan fingerprint density at radius 2 is 1.62 bits per heavy atom. The molecule has 2 aromatic carbocycles. The van der Waals surface area contributed by atoms with Crippen molar-refractivity contribution in [2.45, 2.75) is 32.6 Å². The van der Waals surface area contributed by atoms with Crippen LogP contribution in [0.5, 0.6) is 0 Å². The molecule has 0 saturated carbocycles. The Labute approximate surface area is 168 Å². The van der Waals surface area contributed by atoms with Crippen LogP contribution in [-0.4, -0.2) is 20.7 Å². The van der Waals surface area contributed by atoms with E-state index in [1.807, 2.05) is 48.5 Å². The van der Waals surface area contributed by atoms with Gasteiger partial charge in [-0.05, 0) is 12.0 Å². The van der Waals surface area contributed by atoms with Gasteiger partial charge in [-0.15, -0.1) is 0 Å². The highest BCUT2D eigenvalue weighted by Gasteiger charge is 2.23. The lowest BCUT2D eigenvalue weighted by Crippen LogP contribution is -2.12. The molecule has 4 aromatic rings. The minimum absolute atomic E-state index is 0.158. The van der Waals surface area contributed by atoms with Gasteiger partial charge in [0.2, 0.25) is 5.78 Å². The van der Waals surface area contributed by atoms with Crippen LogP contribution >= 0.6 is 0 Å². The van der Waals surface area contributed by atoms with Crippen LogP contribution in [0.15, 0.2) is 65.5 Å². The number of aryl methyl sites for hydroxylation is 1. The zero-order valence-electron chi connectivity index (χ0n) is 16.4. The maximum atomic E-state index is 13.2. The van der Waals surface area contributed by atoms with Crippen LogP contribution in [-0.2, 0) is 6.42 Å². The standard InChI is InChI=1S/C24H23N3O2/c1-2-3-6-15-18-25-23-20(24(29)26-18)19(16-11-7-4-8-12-16)21(27-23)22(28)17-13-9-5-10-14-17/h4-5,7-14H,2-3,6,15H2,1H3,(H2,25,26,27,29). The van der Waals surface area contributed by atoms with Gasteiger partial charge in [0, 0.05) is 17.5 Å². The highest BCUT2D eigenvalue weighted by atomic mass is 16.1. The van der Waals surface area contributed by atoms with Crippen LogP contribution in [0.2, 0.25) is 0 Å². The zero-order valence-corrected chi connectivity index (χ0v) is 16.4. The van der Waals surface area contributed by atoms with E-state index in [1.54, 1.807) is 12.1 Å². The van der Waals surface area contributed by atoms with Gasteiger partial charge >= 0.3 is 0 Å². The van der Waals surface area contributed by atoms with Crippen LogP contribution in [0, 0.1) is 0 Å². The van der Waals surface area contributed by atoms with E-state index in [4.69, 9.17) is 0 Å². The number of rotatable bonds is 7. The van der Waals surface area contributed by atoms with E-state index >= 15 is 0 Å². The number of hydrogen-bond donors (Lipinski definition) is 2. The molecular formula is C24H23N3O2. The predicted molar refractivity (Wildman–Crippen MR) is 115 cm³/mol. The molecule has 0 bridgehead atoms. The third-order valence-corrected chi connectivity index (χ3v) is 5.05. The van der Waals surface area contributed by atoms with E-state index in [9.17, 15) is 9.59 Å². The topological polar surface area (TPSA) is 78.6 Å². The molecular weight excluding hydrogens is 362 g/mol. The number of fused-ring (bicyclic) bond motifs is 1. The molecule has 0 spiro atoms. The van der Waals surface area contributed by atoms with E-state index in [1.165, 1.54) is 0 Å². The molecule has 4 rings (SSSR count). The lowest BCUT2D eigenvalue weighted by molar-refractivity contribution is 0.103. The molecule has 0 saturated heterocycles. The quantitative estimate of drug-likeness (QED) is 0.351. The van der Waals surface area contributed by atoms with E-state index in [0.29, 0.717) is 40.1 Å². The van der Waals surface area contributed by atoms with Gasteiger partial charge in [-0.2, -0.15) is 0 Å². The Hall–Kier alpha value is -3.47. The predicted octanol–water partition coefficient (Wildman–Crippen LogP) is 4.88. The van der Waals surface area contributed by atoms with E-state index in [2.05, 4.69) is 21.9 Å². The van der Waals surface area contributed by atoms with Gasteiger partial charge in [-0.1, -0.05) is 80.4 Å². The molecule has 0 atom stereocenters. The van der Waals surface area contributed by atoms with E-state index in [-0.39, 0.29) is 11.3 Å². The maximum absolute atomic E-state index is 13.2. The first-order valence-corrected chi connectivity index (χ1v) is 9.99. The number of ketones is 1. The molecule has 0 aliphatic heterocycles. The minimum Gasteiger partial charge on any atom is -0.336 e. The largest absolute Gasteiger partial charge is 0.336 e. The smallest absolute Gasteiger partial charge is 0.261 e. The first-order chi connectivity index (χ1) is 14.2. The Balaban J connectivity index is 1.91. The van der Waals surface area contributed by atoms with Crippen molar-refractivity contribution < 1.29 is 4.79 Å². The molecule has 0 radical (unpaired) electrons. The average Bonchev–Trinajstić information content (AvgIpc) is 3.15. The molecule has 0 aliphatic carbocycles. The maximum Gasteiger partial charge on any atom is 0.261 e. The second-order valence-corrected chi connectivity index (χ2v) is 7.13. The van der Waals surface area contributed by atoms with Gasteiger partial charge in [0.25, 0.3) is 5.56 Å². The third kappa shape index (κ3) is 3.76. The summed E-state index contributed by atoms with van der Waals surface area (Å²) in [5.41, 5.74) is 2.60. The van der Waals surface area contributed by atoms with Crippen molar-refractivity contribution in [3.63, 3.8) is 0 Å². The highest BCUT2D eigenvalue weighted by molar-refractivity contribution is 6.16. The summed E-state index contributed by atoms with van der Waals surface area (Å²) in [5.74, 6) is 0.491. The van der Waals surface area contributed by atoms with Gasteiger partial charge in [0.1, 0.15) is 11.5 Å². The molecule has 0 fully saturated rings. The summed E-state index contributed by atoms with van der Waals surface area (Å²) in [6, 6.07) is 18.6. The van der Waals surface area contributed by atoms with Crippen molar-refractivity contribution in [1.82, 2.24) is 15.0 Å². The van der Waals surface area contributed by atoms with Crippen LogP contribution in [0.3, 0.4) is 0 Å². The Kier molecular flexibility index (Phi) is 5.38. The van der Waals surface area contributed by atoms with Crippen molar-refractivity contribution in [2.24, 2.45) is 0 Å². The van der Waals surface area contributed by atoms with E-state index in [0.717, 1.165) is 24.8 Å². The Morgan fingerprint density at radius 3 is 2.31 bits per heavy atom. The number of nitrogens with zero attached hydrogens (tertiary/aromatic N) is 1. The van der Waals surface area contributed by atoms with Gasteiger partial charge in [0.05, 0.1) is 11.1 Å². The number of carbonyl (C=O) groups excluding carboxylic acids is 1. The van der Waals surface area contributed by atoms with Crippen molar-refractivity contribution in [3.8, 4) is 11.1 Å². The number of carbonyl (C=O) groups is 1. The number of nitrogens with one attached hydrogen (secondary N) is 2. The lowest BCUT2D eigenvalue weighted by Gasteiger charge is -2.05. The Morgan fingerprint density at radius 1 is 0.931 bits per heavy atom. The summed E-state index contributed by atoms with van der Waals surface area (Å²) in [5, 5.41) is 0.426. The summed E-state index contributed by atoms with van der Waals surface area (Å²) in [6.07, 6.45) is 3.86. The molecule has 29 heavy (non-hydrogen) atoms. The number of benzene rings is 2. The Bertz CT molecular complexity index is 1190. The third-order valence-electron chi connectivity index (χ3n) is 5.05. The SMILES string of the molecule is CCCCCc1nc2[nH]c(C(=O)c3ccccc3)c(-c3ccccc3)c2c(=O)[nH]1. The van der Waals surface area contributed by atoms with Crippen LogP contribution in [0.1, 0.15) is 48.1 Å².